The molecule has 14 nitrogen and oxygen atoms in total. The third-order valence-corrected chi connectivity index (χ3v) is 12.8. The average Bonchev–Trinajstić information content (AvgIpc) is 3.34. The van der Waals surface area contributed by atoms with Gasteiger partial charge in [-0.25, -0.2) is 0 Å². The Hall–Kier alpha value is -5.51. The van der Waals surface area contributed by atoms with Crippen molar-refractivity contribution in [2.75, 3.05) is 27.3 Å². The number of aliphatic hydroxyl groups excluding tert-OH is 2. The van der Waals surface area contributed by atoms with Crippen LogP contribution in [-0.2, 0) is 26.2 Å². The van der Waals surface area contributed by atoms with Crippen LogP contribution < -0.4 is 31.2 Å². The van der Waals surface area contributed by atoms with Gasteiger partial charge in [-0.15, -0.1) is 0 Å². The molecule has 0 spiro atoms. The van der Waals surface area contributed by atoms with E-state index in [1.165, 1.54) is 5.56 Å². The molecule has 0 aliphatic heterocycles. The Morgan fingerprint density at radius 1 is 0.845 bits per heavy atom. The molecule has 8 unspecified atom stereocenters. The van der Waals surface area contributed by atoms with Crippen LogP contribution in [0.3, 0.4) is 0 Å². The van der Waals surface area contributed by atoms with Crippen LogP contribution in [-0.4, -0.2) is 107 Å². The number of phenols is 1. The first-order valence-corrected chi connectivity index (χ1v) is 25.0. The first kappa shape index (κ1) is 63.5. The van der Waals surface area contributed by atoms with Gasteiger partial charge in [0.1, 0.15) is 5.75 Å². The van der Waals surface area contributed by atoms with Crippen molar-refractivity contribution in [1.29, 1.82) is 0 Å². The SMILES string of the molecule is C=C/C=C(\C=C)C(CC)CC(O)C(C)NC(=O)C(CC(=O)O)NCCCc1ccc(OC)cc1.CCC(CC(O)C(C)NC(C)CCC(=O)O)c1ccccc1.COc1ccc(C(C)(C)CCN)cc1O. The van der Waals surface area contributed by atoms with E-state index in [-0.39, 0.29) is 42.0 Å². The second-order valence-electron chi connectivity index (χ2n) is 18.8. The minimum Gasteiger partial charge on any atom is -0.504 e. The fourth-order valence-electron chi connectivity index (χ4n) is 8.11. The van der Waals surface area contributed by atoms with E-state index in [4.69, 9.17) is 20.3 Å². The number of ether oxygens (including phenoxy) is 2. The molecule has 3 rings (SSSR count). The van der Waals surface area contributed by atoms with Gasteiger partial charge in [0.25, 0.3) is 0 Å². The van der Waals surface area contributed by atoms with Crippen molar-refractivity contribution in [3.63, 3.8) is 0 Å². The number of aromatic hydroxyl groups is 1. The number of amides is 1. The van der Waals surface area contributed by atoms with E-state index in [2.05, 4.69) is 62.0 Å². The average molecular weight is 989 g/mol. The van der Waals surface area contributed by atoms with Gasteiger partial charge in [-0.2, -0.15) is 0 Å². The number of carbonyl (C=O) groups excluding carboxylic acids is 1. The summed E-state index contributed by atoms with van der Waals surface area (Å²) in [6.07, 6.45) is 9.83. The van der Waals surface area contributed by atoms with E-state index in [9.17, 15) is 34.8 Å². The zero-order chi connectivity index (χ0) is 53.5. The first-order valence-electron chi connectivity index (χ1n) is 25.0. The van der Waals surface area contributed by atoms with Crippen LogP contribution in [0.25, 0.3) is 0 Å². The van der Waals surface area contributed by atoms with E-state index in [1.54, 1.807) is 45.4 Å². The number of nitrogens with one attached hydrogen (secondary N) is 3. The molecule has 10 N–H and O–H groups in total. The number of carboxylic acids is 2. The van der Waals surface area contributed by atoms with Crippen LogP contribution in [0.1, 0.15) is 129 Å². The molecule has 396 valence electrons. The molecule has 1 amide bonds. The largest absolute Gasteiger partial charge is 0.504 e. The van der Waals surface area contributed by atoms with E-state index in [0.29, 0.717) is 44.0 Å². The Bertz CT molecular complexity index is 2030. The molecule has 0 aliphatic carbocycles. The maximum Gasteiger partial charge on any atom is 0.305 e. The van der Waals surface area contributed by atoms with Crippen molar-refractivity contribution in [2.45, 2.75) is 160 Å². The number of aliphatic carboxylic acids is 2. The van der Waals surface area contributed by atoms with Crippen LogP contribution in [0.5, 0.6) is 17.2 Å². The van der Waals surface area contributed by atoms with E-state index >= 15 is 0 Å². The Kier molecular flexibility index (Phi) is 31.1. The normalized spacial score (nSPS) is 14.8. The number of benzene rings is 3. The lowest BCUT2D eigenvalue weighted by Crippen LogP contribution is -2.51. The van der Waals surface area contributed by atoms with Crippen LogP contribution >= 0.6 is 0 Å². The van der Waals surface area contributed by atoms with Gasteiger partial charge >= 0.3 is 11.9 Å². The minimum atomic E-state index is -1.06. The second-order valence-corrected chi connectivity index (χ2v) is 18.8. The fraction of sp³-hybridized carbons (Fsp3) is 0.526. The van der Waals surface area contributed by atoms with Crippen molar-refractivity contribution < 1.29 is 49.4 Å². The molecule has 8 atom stereocenters. The molecule has 3 aromatic rings. The van der Waals surface area contributed by atoms with Crippen molar-refractivity contribution in [3.05, 3.63) is 126 Å². The summed E-state index contributed by atoms with van der Waals surface area (Å²) in [7, 11) is 3.16. The lowest BCUT2D eigenvalue weighted by Gasteiger charge is -2.27. The summed E-state index contributed by atoms with van der Waals surface area (Å²) in [4.78, 5) is 34.7. The Balaban J connectivity index is 0.000000581. The molecule has 0 saturated heterocycles. The molecular formula is C57H88N4O10. The fourth-order valence-corrected chi connectivity index (χ4v) is 8.11. The van der Waals surface area contributed by atoms with E-state index in [1.807, 2.05) is 75.4 Å². The number of phenolic OH excluding ortho intramolecular Hbond substituents is 1. The number of allylic oxidation sites excluding steroid dienone is 4. The number of nitrogens with two attached hydrogens (primary N) is 1. The monoisotopic (exact) mass is 989 g/mol. The summed E-state index contributed by atoms with van der Waals surface area (Å²) in [6, 6.07) is 22.1. The minimum absolute atomic E-state index is 0.0154. The molecule has 14 heteroatoms. The molecule has 0 fully saturated rings. The third kappa shape index (κ3) is 24.9. The highest BCUT2D eigenvalue weighted by molar-refractivity contribution is 5.86. The summed E-state index contributed by atoms with van der Waals surface area (Å²) < 4.78 is 10.2. The van der Waals surface area contributed by atoms with E-state index < -0.39 is 42.1 Å². The van der Waals surface area contributed by atoms with Gasteiger partial charge in [0, 0.05) is 18.5 Å². The third-order valence-electron chi connectivity index (χ3n) is 12.8. The van der Waals surface area contributed by atoms with Gasteiger partial charge in [-0.3, -0.25) is 14.4 Å². The highest BCUT2D eigenvalue weighted by Gasteiger charge is 2.27. The zero-order valence-corrected chi connectivity index (χ0v) is 44.0. The molecule has 3 aromatic carbocycles. The first-order chi connectivity index (χ1) is 33.7. The maximum absolute atomic E-state index is 12.8. The van der Waals surface area contributed by atoms with Crippen molar-refractivity contribution in [3.8, 4) is 17.2 Å². The molecule has 0 bridgehead atoms. The van der Waals surface area contributed by atoms with Crippen LogP contribution in [0.15, 0.2) is 110 Å². The van der Waals surface area contributed by atoms with Crippen LogP contribution in [0.4, 0.5) is 0 Å². The van der Waals surface area contributed by atoms with Gasteiger partial charge in [-0.05, 0) is 149 Å². The number of aliphatic hydroxyl groups is 2. The number of carbonyl (C=O) groups is 3. The van der Waals surface area contributed by atoms with Crippen LogP contribution in [0, 0.1) is 5.92 Å². The summed E-state index contributed by atoms with van der Waals surface area (Å²) in [5.41, 5.74) is 9.99. The Labute approximate surface area is 424 Å². The quantitative estimate of drug-likeness (QED) is 0.0217. The highest BCUT2D eigenvalue weighted by Crippen LogP contribution is 2.34. The number of rotatable bonds is 31. The predicted molar refractivity (Wildman–Crippen MR) is 286 cm³/mol. The van der Waals surface area contributed by atoms with Gasteiger partial charge in [0.05, 0.1) is 44.9 Å². The Morgan fingerprint density at radius 2 is 1.49 bits per heavy atom. The summed E-state index contributed by atoms with van der Waals surface area (Å²) >= 11 is 0. The van der Waals surface area contributed by atoms with Gasteiger partial charge in [0.2, 0.25) is 5.91 Å². The molecule has 71 heavy (non-hydrogen) atoms. The van der Waals surface area contributed by atoms with Crippen LogP contribution in [0.2, 0.25) is 0 Å². The smallest absolute Gasteiger partial charge is 0.305 e. The Morgan fingerprint density at radius 3 is 2.01 bits per heavy atom. The predicted octanol–water partition coefficient (Wildman–Crippen LogP) is 8.83. The van der Waals surface area contributed by atoms with E-state index in [0.717, 1.165) is 54.6 Å². The summed E-state index contributed by atoms with van der Waals surface area (Å²) in [6.45, 7) is 22.7. The number of hydrogen-bond donors (Lipinski definition) is 9. The van der Waals surface area contributed by atoms with Crippen molar-refractivity contribution in [2.24, 2.45) is 11.7 Å². The lowest BCUT2D eigenvalue weighted by atomic mass is 9.81. The maximum atomic E-state index is 12.8. The van der Waals surface area contributed by atoms with Crippen molar-refractivity contribution in [1.82, 2.24) is 16.0 Å². The van der Waals surface area contributed by atoms with Crippen molar-refractivity contribution >= 4 is 17.8 Å². The molecule has 0 aliphatic rings. The molecule has 0 heterocycles. The van der Waals surface area contributed by atoms with Gasteiger partial charge in [-0.1, -0.05) is 108 Å². The standard InChI is InChI=1S/C27H40N2O5.C18H29NO3.C12H19NO2/c1-6-10-21(7-2)22(8-3)17-25(30)19(4)29-27(33)24(18-26(31)32)28-16-9-11-20-12-14-23(34-5)15-13-20;1-4-15(16-8-6-5-7-9-16)12-17(20)14(3)19-13(2)10-11-18(21)22;1-12(2,6-7-13)9-4-5-11(15-3)10(14)8-9/h6-7,10,12-15,19,22,24-25,28,30H,1-2,8-9,11,16-18H2,3-5H3,(H,29,33)(H,31,32);5-9,13-15,17,19-20H,4,10-12H2,1-3H3,(H,21,22);4-5,8,14H,6-7,13H2,1-3H3/b21-10+;;. The number of hydrogen-bond acceptors (Lipinski definition) is 11. The second kappa shape index (κ2) is 34.8. The molecular weight excluding hydrogens is 901 g/mol. The number of methoxy groups -OCH3 is 2. The van der Waals surface area contributed by atoms with Gasteiger partial charge in [0.15, 0.2) is 11.5 Å². The molecule has 0 saturated carbocycles. The highest BCUT2D eigenvalue weighted by atomic mass is 16.5. The summed E-state index contributed by atoms with van der Waals surface area (Å²) in [5, 5.41) is 57.9. The molecule has 0 radical (unpaired) electrons. The number of carboxylic acid groups (broad SMARTS) is 2. The lowest BCUT2D eigenvalue weighted by molar-refractivity contribution is -0.140. The zero-order valence-electron chi connectivity index (χ0n) is 44.0. The summed E-state index contributed by atoms with van der Waals surface area (Å²) in [5.74, 6) is -0.381. The topological polar surface area (TPSA) is 233 Å². The molecule has 0 aromatic heterocycles. The number of aryl methyl sites for hydroxylation is 1. The van der Waals surface area contributed by atoms with Gasteiger partial charge < -0.3 is 56.7 Å².